The van der Waals surface area contributed by atoms with Crippen molar-refractivity contribution in [2.24, 2.45) is 0 Å². The molecule has 1 heterocycles. The number of nitrogens with one attached hydrogen (secondary N) is 1. The first-order chi connectivity index (χ1) is 9.59. The lowest BCUT2D eigenvalue weighted by molar-refractivity contribution is -0.121. The van der Waals surface area contributed by atoms with Gasteiger partial charge in [0.15, 0.2) is 0 Å². The van der Waals surface area contributed by atoms with Crippen LogP contribution in [0, 0.1) is 6.92 Å². The number of aliphatic hydroxyl groups is 1. The molecule has 2 rings (SSSR count). The molecule has 0 aromatic heterocycles. The normalized spacial score (nSPS) is 17.7. The summed E-state index contributed by atoms with van der Waals surface area (Å²) >= 11 is 1.52. The maximum absolute atomic E-state index is 11.8. The Bertz CT molecular complexity index is 458. The molecule has 1 aromatic rings. The molecule has 0 spiro atoms. The zero-order chi connectivity index (χ0) is 14.4. The van der Waals surface area contributed by atoms with Crippen molar-refractivity contribution in [1.29, 1.82) is 0 Å². The Hall–Kier alpha value is -1.04. The van der Waals surface area contributed by atoms with Crippen molar-refractivity contribution in [3.63, 3.8) is 0 Å². The average molecular weight is 295 g/mol. The molecule has 0 bridgehead atoms. The second-order valence-corrected chi connectivity index (χ2v) is 6.18. The van der Waals surface area contributed by atoms with E-state index in [1.165, 1.54) is 17.3 Å². The largest absolute Gasteiger partial charge is 0.388 e. The van der Waals surface area contributed by atoms with Gasteiger partial charge >= 0.3 is 0 Å². The van der Waals surface area contributed by atoms with Gasteiger partial charge in [0.25, 0.3) is 0 Å². The van der Waals surface area contributed by atoms with Gasteiger partial charge in [-0.05, 0) is 18.6 Å². The Labute approximate surface area is 123 Å². The first kappa shape index (κ1) is 15.4. The first-order valence-corrected chi connectivity index (χ1v) is 7.83. The summed E-state index contributed by atoms with van der Waals surface area (Å²) in [5.41, 5.74) is 0.370. The van der Waals surface area contributed by atoms with Gasteiger partial charge in [-0.15, -0.1) is 11.8 Å². The van der Waals surface area contributed by atoms with Crippen molar-refractivity contribution in [3.8, 4) is 0 Å². The summed E-state index contributed by atoms with van der Waals surface area (Å²) in [6.07, 6.45) is 1.16. The highest BCUT2D eigenvalue weighted by Crippen LogP contribution is 2.22. The minimum Gasteiger partial charge on any atom is -0.388 e. The van der Waals surface area contributed by atoms with Crippen LogP contribution in [-0.2, 0) is 9.53 Å². The minimum atomic E-state index is -0.804. The van der Waals surface area contributed by atoms with Crippen LogP contribution in [0.4, 0.5) is 0 Å². The summed E-state index contributed by atoms with van der Waals surface area (Å²) in [7, 11) is 0. The smallest absolute Gasteiger partial charge is 0.230 e. The van der Waals surface area contributed by atoms with E-state index < -0.39 is 5.60 Å². The molecule has 0 aliphatic carbocycles. The number of thioether (sulfide) groups is 1. The quantitative estimate of drug-likeness (QED) is 0.813. The molecule has 110 valence electrons. The van der Waals surface area contributed by atoms with E-state index in [2.05, 4.69) is 5.32 Å². The monoisotopic (exact) mass is 295 g/mol. The number of ether oxygens (including phenoxy) is 1. The summed E-state index contributed by atoms with van der Waals surface area (Å²) in [4.78, 5) is 13.0. The van der Waals surface area contributed by atoms with E-state index in [9.17, 15) is 9.90 Å². The van der Waals surface area contributed by atoms with Crippen molar-refractivity contribution < 1.29 is 14.6 Å². The SMILES string of the molecule is Cc1ccccc1SCC(=O)NCC1(O)CCOCC1. The number of benzene rings is 1. The molecule has 1 aromatic carbocycles. The van der Waals surface area contributed by atoms with Gasteiger partial charge in [-0.2, -0.15) is 0 Å². The zero-order valence-corrected chi connectivity index (χ0v) is 12.5. The Kier molecular flexibility index (Phi) is 5.46. The molecule has 0 radical (unpaired) electrons. The van der Waals surface area contributed by atoms with Crippen LogP contribution in [0.15, 0.2) is 29.2 Å². The highest BCUT2D eigenvalue weighted by molar-refractivity contribution is 8.00. The second kappa shape index (κ2) is 7.11. The zero-order valence-electron chi connectivity index (χ0n) is 11.7. The number of carbonyl (C=O) groups is 1. The molecule has 1 fully saturated rings. The average Bonchev–Trinajstić information content (AvgIpc) is 2.45. The van der Waals surface area contributed by atoms with Gasteiger partial charge < -0.3 is 15.2 Å². The third-order valence-electron chi connectivity index (χ3n) is 3.49. The number of hydrogen-bond donors (Lipinski definition) is 2. The molecule has 5 heteroatoms. The van der Waals surface area contributed by atoms with Crippen LogP contribution >= 0.6 is 11.8 Å². The van der Waals surface area contributed by atoms with Gasteiger partial charge in [-0.25, -0.2) is 0 Å². The highest BCUT2D eigenvalue weighted by atomic mass is 32.2. The van der Waals surface area contributed by atoms with E-state index >= 15 is 0 Å². The van der Waals surface area contributed by atoms with Crippen LogP contribution in [0.1, 0.15) is 18.4 Å². The molecule has 0 saturated carbocycles. The summed E-state index contributed by atoms with van der Waals surface area (Å²) in [6, 6.07) is 8.00. The Morgan fingerprint density at radius 1 is 1.40 bits per heavy atom. The number of aryl methyl sites for hydroxylation is 1. The molecular weight excluding hydrogens is 274 g/mol. The standard InChI is InChI=1S/C15H21NO3S/c1-12-4-2-3-5-13(12)20-10-14(17)16-11-15(18)6-8-19-9-7-15/h2-5,18H,6-11H2,1H3,(H,16,17). The fourth-order valence-electron chi connectivity index (χ4n) is 2.10. The Balaban J connectivity index is 1.74. The Morgan fingerprint density at radius 2 is 2.10 bits per heavy atom. The summed E-state index contributed by atoms with van der Waals surface area (Å²) in [5.74, 6) is 0.329. The molecule has 20 heavy (non-hydrogen) atoms. The van der Waals surface area contributed by atoms with Crippen LogP contribution in [0.5, 0.6) is 0 Å². The molecule has 4 nitrogen and oxygen atoms in total. The predicted octanol–water partition coefficient (Wildman–Crippen LogP) is 1.74. The van der Waals surface area contributed by atoms with E-state index in [1.807, 2.05) is 31.2 Å². The van der Waals surface area contributed by atoms with E-state index in [-0.39, 0.29) is 5.91 Å². The first-order valence-electron chi connectivity index (χ1n) is 6.84. The fourth-order valence-corrected chi connectivity index (χ4v) is 2.96. The summed E-state index contributed by atoms with van der Waals surface area (Å²) in [6.45, 7) is 3.46. The molecule has 1 amide bonds. The van der Waals surface area contributed by atoms with E-state index in [4.69, 9.17) is 4.74 Å². The molecule has 2 N–H and O–H groups in total. The van der Waals surface area contributed by atoms with Crippen molar-refractivity contribution >= 4 is 17.7 Å². The molecule has 1 saturated heterocycles. The van der Waals surface area contributed by atoms with Crippen LogP contribution in [0.2, 0.25) is 0 Å². The van der Waals surface area contributed by atoms with Gasteiger partial charge in [0, 0.05) is 37.5 Å². The lowest BCUT2D eigenvalue weighted by Crippen LogP contribution is -2.47. The topological polar surface area (TPSA) is 58.6 Å². The van der Waals surface area contributed by atoms with Crippen LogP contribution in [0.25, 0.3) is 0 Å². The number of amides is 1. The molecule has 1 aliphatic rings. The van der Waals surface area contributed by atoms with E-state index in [1.54, 1.807) is 0 Å². The second-order valence-electron chi connectivity index (χ2n) is 5.17. The third-order valence-corrected chi connectivity index (χ3v) is 4.67. The molecule has 0 atom stereocenters. The highest BCUT2D eigenvalue weighted by Gasteiger charge is 2.29. The van der Waals surface area contributed by atoms with Crippen LogP contribution < -0.4 is 5.32 Å². The van der Waals surface area contributed by atoms with Gasteiger partial charge in [-0.1, -0.05) is 18.2 Å². The van der Waals surface area contributed by atoms with Crippen LogP contribution in [0.3, 0.4) is 0 Å². The fraction of sp³-hybridized carbons (Fsp3) is 0.533. The number of rotatable bonds is 5. The molecule has 0 unspecified atom stereocenters. The van der Waals surface area contributed by atoms with Gasteiger partial charge in [0.1, 0.15) is 0 Å². The predicted molar refractivity (Wildman–Crippen MR) is 79.9 cm³/mol. The lowest BCUT2D eigenvalue weighted by Gasteiger charge is -2.32. The van der Waals surface area contributed by atoms with Gasteiger partial charge in [-0.3, -0.25) is 4.79 Å². The lowest BCUT2D eigenvalue weighted by atomic mass is 9.94. The van der Waals surface area contributed by atoms with Crippen molar-refractivity contribution in [2.45, 2.75) is 30.3 Å². The molecule has 1 aliphatic heterocycles. The van der Waals surface area contributed by atoms with Crippen molar-refractivity contribution in [2.75, 3.05) is 25.5 Å². The van der Waals surface area contributed by atoms with Crippen LogP contribution in [-0.4, -0.2) is 42.1 Å². The van der Waals surface area contributed by atoms with Gasteiger partial charge in [0.05, 0.1) is 11.4 Å². The number of hydrogen-bond acceptors (Lipinski definition) is 4. The van der Waals surface area contributed by atoms with Crippen molar-refractivity contribution in [1.82, 2.24) is 5.32 Å². The minimum absolute atomic E-state index is 0.0434. The third kappa shape index (κ3) is 4.51. The maximum Gasteiger partial charge on any atom is 0.230 e. The van der Waals surface area contributed by atoms with E-state index in [0.29, 0.717) is 38.4 Å². The number of carbonyl (C=O) groups excluding carboxylic acids is 1. The summed E-state index contributed by atoms with van der Waals surface area (Å²) < 4.78 is 5.21. The molecular formula is C15H21NO3S. The van der Waals surface area contributed by atoms with Gasteiger partial charge in [0.2, 0.25) is 5.91 Å². The van der Waals surface area contributed by atoms with E-state index in [0.717, 1.165) is 4.90 Å². The summed E-state index contributed by atoms with van der Waals surface area (Å²) in [5, 5.41) is 13.1. The maximum atomic E-state index is 11.8. The van der Waals surface area contributed by atoms with Crippen molar-refractivity contribution in [3.05, 3.63) is 29.8 Å². The Morgan fingerprint density at radius 3 is 2.80 bits per heavy atom.